The third-order valence-electron chi connectivity index (χ3n) is 5.22. The Hall–Kier alpha value is -2.57. The Morgan fingerprint density at radius 1 is 0.966 bits per heavy atom. The number of carbonyl (C=O) groups is 2. The van der Waals surface area contributed by atoms with Crippen LogP contribution in [-0.4, -0.2) is 80.9 Å². The van der Waals surface area contributed by atoms with Gasteiger partial charge in [-0.1, -0.05) is 12.0 Å². The van der Waals surface area contributed by atoms with Crippen LogP contribution in [0.15, 0.2) is 29.2 Å². The average Bonchev–Trinajstić information content (AvgIpc) is 2.77. The van der Waals surface area contributed by atoms with E-state index < -0.39 is 10.0 Å². The first-order valence-corrected chi connectivity index (χ1v) is 11.3. The highest BCUT2D eigenvalue weighted by atomic mass is 32.2. The number of amides is 3. The highest BCUT2D eigenvalue weighted by Crippen LogP contribution is 2.16. The van der Waals surface area contributed by atoms with Crippen LogP contribution in [0, 0.1) is 12.3 Å². The standard InChI is InChI=1S/C20H26N4O4S/c1-2-9-21-29(27,28)18-8-6-7-17(16-18)19(25)22-12-14-24(15-13-22)20(26)23-10-4-3-5-11-23/h1,6-8,16,21H,3-5,9-15H2. The van der Waals surface area contributed by atoms with E-state index in [9.17, 15) is 18.0 Å². The number of terminal acetylenes is 1. The van der Waals surface area contributed by atoms with E-state index >= 15 is 0 Å². The summed E-state index contributed by atoms with van der Waals surface area (Å²) < 4.78 is 26.7. The molecule has 8 nitrogen and oxygen atoms in total. The van der Waals surface area contributed by atoms with Crippen LogP contribution in [0.4, 0.5) is 4.79 Å². The van der Waals surface area contributed by atoms with Crippen LogP contribution < -0.4 is 4.72 Å². The molecular formula is C20H26N4O4S. The zero-order chi connectivity index (χ0) is 20.9. The zero-order valence-electron chi connectivity index (χ0n) is 16.3. The molecular weight excluding hydrogens is 392 g/mol. The number of nitrogens with one attached hydrogen (secondary N) is 1. The van der Waals surface area contributed by atoms with E-state index in [0.717, 1.165) is 25.9 Å². The van der Waals surface area contributed by atoms with Crippen LogP contribution in [0.1, 0.15) is 29.6 Å². The molecule has 0 spiro atoms. The van der Waals surface area contributed by atoms with Crippen molar-refractivity contribution in [3.8, 4) is 12.3 Å². The molecule has 9 heteroatoms. The van der Waals surface area contributed by atoms with Gasteiger partial charge in [0, 0.05) is 44.8 Å². The first-order chi connectivity index (χ1) is 13.9. The maximum atomic E-state index is 12.8. The Bertz CT molecular complexity index is 895. The largest absolute Gasteiger partial charge is 0.335 e. The molecule has 0 unspecified atom stereocenters. The number of nitrogens with zero attached hydrogens (tertiary/aromatic N) is 3. The van der Waals surface area contributed by atoms with Crippen molar-refractivity contribution in [2.24, 2.45) is 0 Å². The molecule has 0 saturated carbocycles. The second-order valence-corrected chi connectivity index (χ2v) is 8.93. The lowest BCUT2D eigenvalue weighted by molar-refractivity contribution is 0.0632. The summed E-state index contributed by atoms with van der Waals surface area (Å²) in [5, 5.41) is 0. The summed E-state index contributed by atoms with van der Waals surface area (Å²) in [6.07, 6.45) is 8.35. The Balaban J connectivity index is 1.61. The number of carbonyl (C=O) groups excluding carboxylic acids is 2. The molecule has 156 valence electrons. The van der Waals surface area contributed by atoms with Crippen molar-refractivity contribution in [2.45, 2.75) is 24.2 Å². The third-order valence-corrected chi connectivity index (χ3v) is 6.62. The molecule has 2 aliphatic rings. The second-order valence-electron chi connectivity index (χ2n) is 7.17. The smallest absolute Gasteiger partial charge is 0.320 e. The van der Waals surface area contributed by atoms with Crippen molar-refractivity contribution < 1.29 is 18.0 Å². The van der Waals surface area contributed by atoms with Crippen molar-refractivity contribution in [3.05, 3.63) is 29.8 Å². The van der Waals surface area contributed by atoms with E-state index in [0.29, 0.717) is 31.7 Å². The molecule has 2 heterocycles. The predicted octanol–water partition coefficient (Wildman–Crippen LogP) is 0.962. The molecule has 29 heavy (non-hydrogen) atoms. The van der Waals surface area contributed by atoms with Gasteiger partial charge in [-0.3, -0.25) is 4.79 Å². The van der Waals surface area contributed by atoms with Crippen molar-refractivity contribution >= 4 is 22.0 Å². The summed E-state index contributed by atoms with van der Waals surface area (Å²) in [4.78, 5) is 30.8. The lowest BCUT2D eigenvalue weighted by Crippen LogP contribution is -2.54. The summed E-state index contributed by atoms with van der Waals surface area (Å²) in [6, 6.07) is 5.95. The van der Waals surface area contributed by atoms with Crippen LogP contribution in [0.2, 0.25) is 0 Å². The molecule has 0 aromatic heterocycles. The van der Waals surface area contributed by atoms with Gasteiger partial charge in [-0.25, -0.2) is 13.2 Å². The minimum absolute atomic E-state index is 0.00230. The second kappa shape index (κ2) is 9.29. The number of sulfonamides is 1. The van der Waals surface area contributed by atoms with Crippen molar-refractivity contribution in [3.63, 3.8) is 0 Å². The predicted molar refractivity (Wildman–Crippen MR) is 109 cm³/mol. The first kappa shape index (κ1) is 21.1. The van der Waals surface area contributed by atoms with Gasteiger partial charge in [0.15, 0.2) is 0 Å². The maximum Gasteiger partial charge on any atom is 0.320 e. The van der Waals surface area contributed by atoms with Gasteiger partial charge in [-0.15, -0.1) is 6.42 Å². The highest BCUT2D eigenvalue weighted by Gasteiger charge is 2.28. The van der Waals surface area contributed by atoms with Gasteiger partial charge < -0.3 is 14.7 Å². The van der Waals surface area contributed by atoms with Gasteiger partial charge in [0.05, 0.1) is 11.4 Å². The first-order valence-electron chi connectivity index (χ1n) is 9.79. The Kier molecular flexibility index (Phi) is 6.77. The lowest BCUT2D eigenvalue weighted by Gasteiger charge is -2.38. The molecule has 1 aromatic rings. The molecule has 0 atom stereocenters. The van der Waals surface area contributed by atoms with Gasteiger partial charge in [0.2, 0.25) is 10.0 Å². The lowest BCUT2D eigenvalue weighted by atomic mass is 10.1. The number of piperazine rings is 1. The fourth-order valence-corrected chi connectivity index (χ4v) is 4.56. The van der Waals surface area contributed by atoms with Gasteiger partial charge in [0.1, 0.15) is 0 Å². The van der Waals surface area contributed by atoms with Crippen LogP contribution in [0.5, 0.6) is 0 Å². The van der Waals surface area contributed by atoms with Gasteiger partial charge in [0.25, 0.3) is 5.91 Å². The van der Waals surface area contributed by atoms with Crippen LogP contribution in [-0.2, 0) is 10.0 Å². The summed E-state index contributed by atoms with van der Waals surface area (Å²) in [7, 11) is -3.76. The van der Waals surface area contributed by atoms with Crippen molar-refractivity contribution in [1.29, 1.82) is 0 Å². The number of hydrogen-bond donors (Lipinski definition) is 1. The number of benzene rings is 1. The minimum atomic E-state index is -3.76. The molecule has 2 saturated heterocycles. The summed E-state index contributed by atoms with van der Waals surface area (Å²) >= 11 is 0. The topological polar surface area (TPSA) is 90.0 Å². The SMILES string of the molecule is C#CCNS(=O)(=O)c1cccc(C(=O)N2CCN(C(=O)N3CCCCC3)CC2)c1. The number of likely N-dealkylation sites (tertiary alicyclic amines) is 1. The molecule has 2 aliphatic heterocycles. The van der Waals surface area contributed by atoms with E-state index in [1.54, 1.807) is 15.9 Å². The summed E-state index contributed by atoms with van der Waals surface area (Å²) in [5.74, 6) is 1.97. The fraction of sp³-hybridized carbons (Fsp3) is 0.500. The number of urea groups is 1. The molecule has 0 radical (unpaired) electrons. The van der Waals surface area contributed by atoms with Gasteiger partial charge in [-0.2, -0.15) is 4.72 Å². The quantitative estimate of drug-likeness (QED) is 0.738. The van der Waals surface area contributed by atoms with Crippen LogP contribution in [0.25, 0.3) is 0 Å². The van der Waals surface area contributed by atoms with Gasteiger partial charge in [-0.05, 0) is 37.5 Å². The Labute approximate surface area is 171 Å². The Morgan fingerprint density at radius 3 is 2.24 bits per heavy atom. The maximum absolute atomic E-state index is 12.8. The molecule has 3 rings (SSSR count). The van der Waals surface area contributed by atoms with Gasteiger partial charge >= 0.3 is 6.03 Å². The normalized spacial score (nSPS) is 17.7. The van der Waals surface area contributed by atoms with E-state index in [1.165, 1.54) is 24.6 Å². The van der Waals surface area contributed by atoms with Crippen molar-refractivity contribution in [2.75, 3.05) is 45.8 Å². The van der Waals surface area contributed by atoms with Crippen LogP contribution >= 0.6 is 0 Å². The van der Waals surface area contributed by atoms with Crippen LogP contribution in [0.3, 0.4) is 0 Å². The summed E-state index contributed by atoms with van der Waals surface area (Å²) in [5.41, 5.74) is 0.296. The average molecular weight is 419 g/mol. The zero-order valence-corrected chi connectivity index (χ0v) is 17.2. The van der Waals surface area contributed by atoms with E-state index in [1.807, 2.05) is 4.90 Å². The molecule has 0 aliphatic carbocycles. The number of rotatable bonds is 4. The fourth-order valence-electron chi connectivity index (χ4n) is 3.58. The summed E-state index contributed by atoms with van der Waals surface area (Å²) in [6.45, 7) is 3.27. The highest BCUT2D eigenvalue weighted by molar-refractivity contribution is 7.89. The molecule has 2 fully saturated rings. The monoisotopic (exact) mass is 418 g/mol. The minimum Gasteiger partial charge on any atom is -0.335 e. The number of piperidine rings is 1. The third kappa shape index (κ3) is 5.08. The van der Waals surface area contributed by atoms with E-state index in [2.05, 4.69) is 10.6 Å². The van der Waals surface area contributed by atoms with E-state index in [-0.39, 0.29) is 23.4 Å². The molecule has 1 aromatic carbocycles. The molecule has 3 amide bonds. The molecule has 0 bridgehead atoms. The van der Waals surface area contributed by atoms with Crippen molar-refractivity contribution in [1.82, 2.24) is 19.4 Å². The molecule has 1 N–H and O–H groups in total. The van der Waals surface area contributed by atoms with E-state index in [4.69, 9.17) is 6.42 Å². The Morgan fingerprint density at radius 2 is 1.59 bits per heavy atom. The number of hydrogen-bond acceptors (Lipinski definition) is 4.